The van der Waals surface area contributed by atoms with Gasteiger partial charge in [-0.05, 0) is 32.2 Å². The van der Waals surface area contributed by atoms with Gasteiger partial charge in [-0.3, -0.25) is 9.59 Å². The van der Waals surface area contributed by atoms with Gasteiger partial charge in [-0.1, -0.05) is 0 Å². The minimum absolute atomic E-state index is 0.00409. The Morgan fingerprint density at radius 1 is 1.29 bits per heavy atom. The number of piperidine rings is 1. The van der Waals surface area contributed by atoms with Crippen LogP contribution >= 0.6 is 0 Å². The molecule has 2 fully saturated rings. The molecule has 2 saturated heterocycles. The second-order valence-corrected chi connectivity index (χ2v) is 4.92. The predicted octanol–water partition coefficient (Wildman–Crippen LogP) is -0.134. The third kappa shape index (κ3) is 2.97. The summed E-state index contributed by atoms with van der Waals surface area (Å²) >= 11 is 0. The lowest BCUT2D eigenvalue weighted by atomic mass is 10.1. The molecule has 2 rings (SSSR count). The molecule has 2 N–H and O–H groups in total. The number of hydrogen-bond acceptors (Lipinski definition) is 3. The van der Waals surface area contributed by atoms with Crippen molar-refractivity contribution >= 4 is 11.8 Å². The highest BCUT2D eigenvalue weighted by Crippen LogP contribution is 2.17. The van der Waals surface area contributed by atoms with Crippen LogP contribution in [0.1, 0.15) is 32.6 Å². The van der Waals surface area contributed by atoms with Crippen LogP contribution in [0.3, 0.4) is 0 Å². The molecule has 0 aromatic rings. The third-order valence-electron chi connectivity index (χ3n) is 3.60. The summed E-state index contributed by atoms with van der Waals surface area (Å²) in [6, 6.07) is -0.0138. The van der Waals surface area contributed by atoms with Gasteiger partial charge in [0.1, 0.15) is 6.04 Å². The van der Waals surface area contributed by atoms with E-state index in [1.807, 2.05) is 0 Å². The van der Waals surface area contributed by atoms with Gasteiger partial charge in [0, 0.05) is 26.1 Å². The second-order valence-electron chi connectivity index (χ2n) is 4.92. The number of hydrogen-bond donors (Lipinski definition) is 2. The summed E-state index contributed by atoms with van der Waals surface area (Å²) < 4.78 is 0. The lowest BCUT2D eigenvalue weighted by Gasteiger charge is -2.28. The van der Waals surface area contributed by atoms with Gasteiger partial charge < -0.3 is 15.5 Å². The molecule has 2 atom stereocenters. The number of nitrogens with zero attached hydrogens (tertiary/aromatic N) is 1. The molecule has 0 bridgehead atoms. The van der Waals surface area contributed by atoms with Crippen LogP contribution in [0, 0.1) is 0 Å². The first-order valence-electron chi connectivity index (χ1n) is 6.47. The molecule has 96 valence electrons. The average molecular weight is 239 g/mol. The summed E-state index contributed by atoms with van der Waals surface area (Å²) in [7, 11) is 0. The van der Waals surface area contributed by atoms with Crippen LogP contribution in [0.15, 0.2) is 0 Å². The standard InChI is InChI=1S/C12H21N3O2/c1-9(16)15-7-3-5-11(15)12(17)14-10-4-2-6-13-8-10/h10-11,13H,2-8H2,1H3,(H,14,17). The molecule has 2 unspecified atom stereocenters. The van der Waals surface area contributed by atoms with Gasteiger partial charge in [0.15, 0.2) is 0 Å². The highest BCUT2D eigenvalue weighted by molar-refractivity contribution is 5.87. The number of likely N-dealkylation sites (tertiary alicyclic amines) is 1. The number of carbonyl (C=O) groups is 2. The molecule has 0 aromatic heterocycles. The first-order valence-corrected chi connectivity index (χ1v) is 6.47. The van der Waals surface area contributed by atoms with E-state index in [0.717, 1.165) is 45.3 Å². The SMILES string of the molecule is CC(=O)N1CCCC1C(=O)NC1CCCNC1. The van der Waals surface area contributed by atoms with Crippen LogP contribution in [-0.4, -0.2) is 48.4 Å². The average Bonchev–Trinajstić information content (AvgIpc) is 2.79. The van der Waals surface area contributed by atoms with Crippen LogP contribution < -0.4 is 10.6 Å². The molecule has 5 heteroatoms. The zero-order valence-electron chi connectivity index (χ0n) is 10.4. The van der Waals surface area contributed by atoms with Crippen LogP contribution in [-0.2, 0) is 9.59 Å². The zero-order valence-corrected chi connectivity index (χ0v) is 10.4. The van der Waals surface area contributed by atoms with Gasteiger partial charge >= 0.3 is 0 Å². The van der Waals surface area contributed by atoms with Gasteiger partial charge in [-0.15, -0.1) is 0 Å². The minimum atomic E-state index is -0.241. The molecule has 0 radical (unpaired) electrons. The first kappa shape index (κ1) is 12.4. The van der Waals surface area contributed by atoms with Gasteiger partial charge in [-0.25, -0.2) is 0 Å². The molecule has 2 aliphatic rings. The molecule has 0 aromatic carbocycles. The van der Waals surface area contributed by atoms with E-state index in [-0.39, 0.29) is 23.9 Å². The summed E-state index contributed by atoms with van der Waals surface area (Å²) in [4.78, 5) is 25.2. The number of amides is 2. The van der Waals surface area contributed by atoms with Crippen molar-refractivity contribution in [1.29, 1.82) is 0 Å². The van der Waals surface area contributed by atoms with E-state index in [1.165, 1.54) is 6.92 Å². The molecule has 2 amide bonds. The van der Waals surface area contributed by atoms with Gasteiger partial charge in [0.05, 0.1) is 0 Å². The zero-order chi connectivity index (χ0) is 12.3. The minimum Gasteiger partial charge on any atom is -0.350 e. The second kappa shape index (κ2) is 5.49. The number of rotatable bonds is 2. The quantitative estimate of drug-likeness (QED) is 0.705. The van der Waals surface area contributed by atoms with Crippen LogP contribution in [0.2, 0.25) is 0 Å². The Balaban J connectivity index is 1.88. The summed E-state index contributed by atoms with van der Waals surface area (Å²) in [6.45, 7) is 4.14. The Morgan fingerprint density at radius 3 is 2.76 bits per heavy atom. The van der Waals surface area contributed by atoms with Crippen molar-refractivity contribution < 1.29 is 9.59 Å². The Bertz CT molecular complexity index is 300. The van der Waals surface area contributed by atoms with Gasteiger partial charge in [-0.2, -0.15) is 0 Å². The summed E-state index contributed by atoms with van der Waals surface area (Å²) in [6.07, 6.45) is 3.86. The lowest BCUT2D eigenvalue weighted by molar-refractivity contribution is -0.137. The predicted molar refractivity (Wildman–Crippen MR) is 64.4 cm³/mol. The lowest BCUT2D eigenvalue weighted by Crippen LogP contribution is -2.52. The van der Waals surface area contributed by atoms with Gasteiger partial charge in [0.25, 0.3) is 0 Å². The van der Waals surface area contributed by atoms with Crippen molar-refractivity contribution in [2.24, 2.45) is 0 Å². The topological polar surface area (TPSA) is 61.4 Å². The highest BCUT2D eigenvalue weighted by Gasteiger charge is 2.33. The normalized spacial score (nSPS) is 29.1. The van der Waals surface area contributed by atoms with Gasteiger partial charge in [0.2, 0.25) is 11.8 Å². The van der Waals surface area contributed by atoms with Crippen LogP contribution in [0.4, 0.5) is 0 Å². The third-order valence-corrected chi connectivity index (χ3v) is 3.60. The fourth-order valence-electron chi connectivity index (χ4n) is 2.69. The van der Waals surface area contributed by atoms with Crippen molar-refractivity contribution in [3.63, 3.8) is 0 Å². The Hall–Kier alpha value is -1.10. The van der Waals surface area contributed by atoms with Crippen molar-refractivity contribution in [2.45, 2.75) is 44.7 Å². The molecule has 0 saturated carbocycles. The van der Waals surface area contributed by atoms with Crippen molar-refractivity contribution in [1.82, 2.24) is 15.5 Å². The van der Waals surface area contributed by atoms with Crippen molar-refractivity contribution in [3.8, 4) is 0 Å². The van der Waals surface area contributed by atoms with Crippen molar-refractivity contribution in [3.05, 3.63) is 0 Å². The maximum absolute atomic E-state index is 12.1. The molecular formula is C12H21N3O2. The monoisotopic (exact) mass is 239 g/mol. The Morgan fingerprint density at radius 2 is 2.12 bits per heavy atom. The molecule has 17 heavy (non-hydrogen) atoms. The first-order chi connectivity index (χ1) is 8.18. The van der Waals surface area contributed by atoms with E-state index in [2.05, 4.69) is 10.6 Å². The van der Waals surface area contributed by atoms with E-state index >= 15 is 0 Å². The Labute approximate surface area is 102 Å². The maximum atomic E-state index is 12.1. The van der Waals surface area contributed by atoms with Crippen LogP contribution in [0.5, 0.6) is 0 Å². The molecule has 0 spiro atoms. The number of nitrogens with one attached hydrogen (secondary N) is 2. The van der Waals surface area contributed by atoms with E-state index in [4.69, 9.17) is 0 Å². The Kier molecular flexibility index (Phi) is 3.99. The molecular weight excluding hydrogens is 218 g/mol. The van der Waals surface area contributed by atoms with E-state index in [0.29, 0.717) is 0 Å². The summed E-state index contributed by atoms with van der Waals surface area (Å²) in [5.41, 5.74) is 0. The molecule has 5 nitrogen and oxygen atoms in total. The summed E-state index contributed by atoms with van der Waals surface area (Å²) in [5, 5.41) is 6.32. The van der Waals surface area contributed by atoms with Crippen molar-refractivity contribution in [2.75, 3.05) is 19.6 Å². The number of carbonyl (C=O) groups excluding carboxylic acids is 2. The fraction of sp³-hybridized carbons (Fsp3) is 0.833. The van der Waals surface area contributed by atoms with E-state index in [9.17, 15) is 9.59 Å². The molecule has 2 heterocycles. The van der Waals surface area contributed by atoms with E-state index in [1.54, 1.807) is 4.90 Å². The molecule has 0 aliphatic carbocycles. The maximum Gasteiger partial charge on any atom is 0.243 e. The largest absolute Gasteiger partial charge is 0.350 e. The fourth-order valence-corrected chi connectivity index (χ4v) is 2.69. The summed E-state index contributed by atoms with van der Waals surface area (Å²) in [5.74, 6) is 0.0239. The smallest absolute Gasteiger partial charge is 0.243 e. The van der Waals surface area contributed by atoms with E-state index < -0.39 is 0 Å². The molecule has 2 aliphatic heterocycles. The highest BCUT2D eigenvalue weighted by atomic mass is 16.2. The van der Waals surface area contributed by atoms with Crippen LogP contribution in [0.25, 0.3) is 0 Å².